The van der Waals surface area contributed by atoms with Gasteiger partial charge in [-0.15, -0.1) is 0 Å². The molecule has 33 heavy (non-hydrogen) atoms. The summed E-state index contributed by atoms with van der Waals surface area (Å²) in [6.07, 6.45) is 0. The zero-order valence-electron chi connectivity index (χ0n) is 22.7. The van der Waals surface area contributed by atoms with Gasteiger partial charge >= 0.3 is 0 Å². The molecule has 0 saturated carbocycles. The lowest BCUT2D eigenvalue weighted by Crippen LogP contribution is -1.83. The average molecular weight is 457 g/mol. The Labute approximate surface area is 211 Å². The maximum atomic E-state index is 2.20. The number of rotatable bonds is 1. The van der Waals surface area contributed by atoms with Crippen LogP contribution in [0, 0.1) is 13.8 Å². The van der Waals surface area contributed by atoms with Gasteiger partial charge in [-0.1, -0.05) is 186 Å². The van der Waals surface area contributed by atoms with Gasteiger partial charge in [-0.25, -0.2) is 0 Å². The molecule has 0 fully saturated rings. The maximum Gasteiger partial charge on any atom is -0.0219 e. The fraction of sp³-hybridized carbons (Fsp3) is 0.455. The van der Waals surface area contributed by atoms with Gasteiger partial charge in [0.25, 0.3) is 0 Å². The smallest absolute Gasteiger partial charge is 0.0219 e. The van der Waals surface area contributed by atoms with Crippen LogP contribution in [0.4, 0.5) is 0 Å². The van der Waals surface area contributed by atoms with E-state index in [2.05, 4.69) is 76.2 Å². The highest BCUT2D eigenvalue weighted by atomic mass is 14.0. The van der Waals surface area contributed by atoms with Crippen LogP contribution in [-0.2, 0) is 0 Å². The van der Waals surface area contributed by atoms with E-state index in [0.29, 0.717) is 5.92 Å². The van der Waals surface area contributed by atoms with Gasteiger partial charge in [0, 0.05) is 0 Å². The molecule has 0 nitrogen and oxygen atoms in total. The molecule has 3 aromatic rings. The van der Waals surface area contributed by atoms with E-state index in [4.69, 9.17) is 0 Å². The summed E-state index contributed by atoms with van der Waals surface area (Å²) in [5.41, 5.74) is 4.06. The molecule has 0 aliphatic heterocycles. The van der Waals surface area contributed by atoms with Crippen molar-refractivity contribution < 1.29 is 0 Å². The SMILES string of the molecule is C.C.CC.CC.CC.CC.CC(C)c1ccccc1.Cc1ccccc1.Cc1ccccc1. The second kappa shape index (κ2) is 40.1. The van der Waals surface area contributed by atoms with E-state index < -0.39 is 0 Å². The molecule has 0 unspecified atom stereocenters. The Hall–Kier alpha value is -2.34. The quantitative estimate of drug-likeness (QED) is 0.341. The number of hydrogen-bond acceptors (Lipinski definition) is 0. The van der Waals surface area contributed by atoms with E-state index >= 15 is 0 Å². The van der Waals surface area contributed by atoms with Crippen LogP contribution in [0.1, 0.15) is 107 Å². The summed E-state index contributed by atoms with van der Waals surface area (Å²) in [5, 5.41) is 0. The summed E-state index contributed by atoms with van der Waals surface area (Å²) in [6.45, 7) is 24.6. The van der Waals surface area contributed by atoms with Crippen LogP contribution in [0.2, 0.25) is 0 Å². The number of hydrogen-bond donors (Lipinski definition) is 0. The van der Waals surface area contributed by atoms with Crippen molar-refractivity contribution in [1.82, 2.24) is 0 Å². The molecule has 0 bridgehead atoms. The van der Waals surface area contributed by atoms with Crippen molar-refractivity contribution in [2.45, 2.75) is 104 Å². The van der Waals surface area contributed by atoms with Crippen molar-refractivity contribution >= 4 is 0 Å². The van der Waals surface area contributed by atoms with Crippen molar-refractivity contribution in [3.63, 3.8) is 0 Å². The van der Waals surface area contributed by atoms with E-state index in [1.54, 1.807) is 0 Å². The third-order valence-electron chi connectivity index (χ3n) is 3.35. The Morgan fingerprint density at radius 1 is 0.394 bits per heavy atom. The van der Waals surface area contributed by atoms with Gasteiger partial charge in [-0.05, 0) is 25.3 Å². The van der Waals surface area contributed by atoms with Crippen LogP contribution in [0.15, 0.2) is 91.0 Å². The lowest BCUT2D eigenvalue weighted by Gasteiger charge is -2.01. The molecule has 192 valence electrons. The van der Waals surface area contributed by atoms with Crippen LogP contribution in [0.25, 0.3) is 0 Å². The van der Waals surface area contributed by atoms with Gasteiger partial charge in [-0.3, -0.25) is 0 Å². The Kier molecular flexibility index (Phi) is 53.8. The summed E-state index contributed by atoms with van der Waals surface area (Å²) in [5.74, 6) is 0.659. The van der Waals surface area contributed by atoms with Crippen LogP contribution in [-0.4, -0.2) is 0 Å². The molecule has 0 aliphatic rings. The molecular formula is C33H60. The first-order valence-electron chi connectivity index (χ1n) is 12.2. The van der Waals surface area contributed by atoms with Gasteiger partial charge in [0.05, 0.1) is 0 Å². The molecule has 0 aliphatic carbocycles. The Morgan fingerprint density at radius 2 is 0.606 bits per heavy atom. The summed E-state index contributed by atoms with van der Waals surface area (Å²) >= 11 is 0. The van der Waals surface area contributed by atoms with Crippen molar-refractivity contribution in [3.05, 3.63) is 108 Å². The van der Waals surface area contributed by atoms with Crippen LogP contribution in [0.5, 0.6) is 0 Å². The summed E-state index contributed by atoms with van der Waals surface area (Å²) in [4.78, 5) is 0. The van der Waals surface area contributed by atoms with Crippen molar-refractivity contribution in [2.24, 2.45) is 0 Å². The van der Waals surface area contributed by atoms with E-state index in [1.807, 2.05) is 97.9 Å². The third kappa shape index (κ3) is 34.5. The molecule has 0 heteroatoms. The third-order valence-corrected chi connectivity index (χ3v) is 3.35. The lowest BCUT2D eigenvalue weighted by atomic mass is 10.0. The summed E-state index contributed by atoms with van der Waals surface area (Å²) in [7, 11) is 0. The maximum absolute atomic E-state index is 2.20. The topological polar surface area (TPSA) is 0 Å². The predicted molar refractivity (Wildman–Crippen MR) is 162 cm³/mol. The number of aryl methyl sites for hydroxylation is 2. The first kappa shape index (κ1) is 44.4. The van der Waals surface area contributed by atoms with Crippen LogP contribution < -0.4 is 0 Å². The average Bonchev–Trinajstić information content (AvgIpc) is 2.86. The van der Waals surface area contributed by atoms with Gasteiger partial charge in [0.2, 0.25) is 0 Å². The molecule has 0 saturated heterocycles. The zero-order chi connectivity index (χ0) is 24.9. The minimum atomic E-state index is 0. The first-order chi connectivity index (χ1) is 15.1. The molecule has 0 spiro atoms. The normalized spacial score (nSPS) is 7.18. The lowest BCUT2D eigenvalue weighted by molar-refractivity contribution is 0.867. The van der Waals surface area contributed by atoms with Crippen LogP contribution >= 0.6 is 0 Å². The standard InChI is InChI=1S/C9H12.2C7H8.4C2H6.2CH4/c1-8(2)9-6-4-3-5-7-9;2*1-7-5-3-2-4-6-7;4*1-2;;/h3-8H,1-2H3;2*2-6H,1H3;4*1-2H3;2*1H4. The molecule has 0 heterocycles. The Bertz CT molecular complexity index is 572. The zero-order valence-corrected chi connectivity index (χ0v) is 22.7. The Balaban J connectivity index is -0.0000000704. The highest BCUT2D eigenvalue weighted by Gasteiger charge is 1.93. The van der Waals surface area contributed by atoms with Gasteiger partial charge in [0.1, 0.15) is 0 Å². The molecule has 0 amide bonds. The van der Waals surface area contributed by atoms with Crippen molar-refractivity contribution in [1.29, 1.82) is 0 Å². The molecule has 3 aromatic carbocycles. The van der Waals surface area contributed by atoms with E-state index in [0.717, 1.165) is 0 Å². The minimum absolute atomic E-state index is 0. The largest absolute Gasteiger partial charge is 0.0776 e. The second-order valence-corrected chi connectivity index (χ2v) is 5.87. The van der Waals surface area contributed by atoms with E-state index in [9.17, 15) is 0 Å². The molecule has 0 aromatic heterocycles. The summed E-state index contributed by atoms with van der Waals surface area (Å²) < 4.78 is 0. The van der Waals surface area contributed by atoms with Crippen molar-refractivity contribution in [2.75, 3.05) is 0 Å². The number of benzene rings is 3. The fourth-order valence-corrected chi connectivity index (χ4v) is 1.91. The van der Waals surface area contributed by atoms with E-state index in [-0.39, 0.29) is 14.9 Å². The molecular weight excluding hydrogens is 396 g/mol. The monoisotopic (exact) mass is 456 g/mol. The fourth-order valence-electron chi connectivity index (χ4n) is 1.91. The predicted octanol–water partition coefficient (Wildman–Crippen LogP) is 12.2. The molecule has 0 N–H and O–H groups in total. The van der Waals surface area contributed by atoms with Gasteiger partial charge < -0.3 is 0 Å². The molecule has 3 rings (SSSR count). The van der Waals surface area contributed by atoms with Crippen molar-refractivity contribution in [3.8, 4) is 0 Å². The highest BCUT2D eigenvalue weighted by molar-refractivity contribution is 5.17. The van der Waals surface area contributed by atoms with Gasteiger partial charge in [0.15, 0.2) is 0 Å². The molecule has 0 atom stereocenters. The van der Waals surface area contributed by atoms with Crippen LogP contribution in [0.3, 0.4) is 0 Å². The first-order valence-corrected chi connectivity index (χ1v) is 12.2. The van der Waals surface area contributed by atoms with Gasteiger partial charge in [-0.2, -0.15) is 0 Å². The second-order valence-electron chi connectivity index (χ2n) is 5.87. The molecule has 0 radical (unpaired) electrons. The summed E-state index contributed by atoms with van der Waals surface area (Å²) in [6, 6.07) is 31.0. The Morgan fingerprint density at radius 3 is 0.727 bits per heavy atom. The highest BCUT2D eigenvalue weighted by Crippen LogP contribution is 2.11. The minimum Gasteiger partial charge on any atom is -0.0776 e. The van der Waals surface area contributed by atoms with E-state index in [1.165, 1.54) is 16.7 Å².